The molecule has 0 atom stereocenters. The fourth-order valence-electron chi connectivity index (χ4n) is 9.26. The summed E-state index contributed by atoms with van der Waals surface area (Å²) in [6.07, 6.45) is 0. The van der Waals surface area contributed by atoms with Crippen LogP contribution in [0.15, 0.2) is 200 Å². The standard InChI is InChI=1S/C52H33N3/c1-4-16-34(17-5-1)43-30-38(31-46-42-29-28-35-18-10-11-23-39(35)51(42)55(52(43)46)37-21-8-3-9-22-37)54-48-27-15-13-25-41(48)45-32-44-40-24-12-14-26-47(40)53(49(44)33-50(45)54)36-19-6-2-7-20-36/h1-33H. The van der Waals surface area contributed by atoms with Crippen molar-refractivity contribution in [3.63, 3.8) is 0 Å². The van der Waals surface area contributed by atoms with E-state index in [1.807, 2.05) is 0 Å². The van der Waals surface area contributed by atoms with Crippen LogP contribution in [0.1, 0.15) is 0 Å². The number of nitrogens with zero attached hydrogens (tertiary/aromatic N) is 3. The highest BCUT2D eigenvalue weighted by atomic mass is 15.0. The van der Waals surface area contributed by atoms with E-state index in [4.69, 9.17) is 0 Å². The number of para-hydroxylation sites is 4. The van der Waals surface area contributed by atoms with Gasteiger partial charge in [-0.15, -0.1) is 0 Å². The molecule has 0 radical (unpaired) electrons. The lowest BCUT2D eigenvalue weighted by Gasteiger charge is -2.16. The number of fused-ring (bicyclic) bond motifs is 11. The molecule has 0 bridgehead atoms. The van der Waals surface area contributed by atoms with Gasteiger partial charge in [0.15, 0.2) is 0 Å². The molecular formula is C52H33N3. The Bertz CT molecular complexity index is 3460. The Hall–Kier alpha value is -7.36. The van der Waals surface area contributed by atoms with Crippen molar-refractivity contribution in [2.24, 2.45) is 0 Å². The van der Waals surface area contributed by atoms with Crippen LogP contribution >= 0.6 is 0 Å². The highest BCUT2D eigenvalue weighted by Gasteiger charge is 2.23. The van der Waals surface area contributed by atoms with Crippen molar-refractivity contribution in [3.8, 4) is 28.2 Å². The van der Waals surface area contributed by atoms with E-state index < -0.39 is 0 Å². The Morgan fingerprint density at radius 2 is 0.782 bits per heavy atom. The minimum Gasteiger partial charge on any atom is -0.309 e. The van der Waals surface area contributed by atoms with Crippen molar-refractivity contribution in [1.82, 2.24) is 13.7 Å². The van der Waals surface area contributed by atoms with Gasteiger partial charge < -0.3 is 13.7 Å². The van der Waals surface area contributed by atoms with Crippen LogP contribution in [0, 0.1) is 0 Å². The number of hydrogen-bond donors (Lipinski definition) is 0. The van der Waals surface area contributed by atoms with Crippen LogP contribution in [0.4, 0.5) is 0 Å². The third kappa shape index (κ3) is 4.32. The minimum absolute atomic E-state index is 1.14. The summed E-state index contributed by atoms with van der Waals surface area (Å²) in [6, 6.07) is 73.3. The monoisotopic (exact) mass is 699 g/mol. The number of benzene rings is 9. The molecule has 0 amide bonds. The van der Waals surface area contributed by atoms with Crippen LogP contribution in [-0.4, -0.2) is 13.7 Å². The minimum atomic E-state index is 1.14. The lowest BCUT2D eigenvalue weighted by Crippen LogP contribution is -1.99. The molecule has 3 nitrogen and oxygen atoms in total. The second-order valence-corrected chi connectivity index (χ2v) is 14.5. The average Bonchev–Trinajstić information content (AvgIpc) is 3.89. The van der Waals surface area contributed by atoms with Gasteiger partial charge in [0.05, 0.1) is 33.1 Å². The first kappa shape index (κ1) is 30.1. The van der Waals surface area contributed by atoms with Gasteiger partial charge in [-0.3, -0.25) is 0 Å². The van der Waals surface area contributed by atoms with Crippen LogP contribution in [0.5, 0.6) is 0 Å². The summed E-state index contributed by atoms with van der Waals surface area (Å²) in [7, 11) is 0. The van der Waals surface area contributed by atoms with E-state index in [1.165, 1.54) is 87.3 Å². The van der Waals surface area contributed by atoms with E-state index in [0.29, 0.717) is 0 Å². The van der Waals surface area contributed by atoms with Crippen molar-refractivity contribution in [3.05, 3.63) is 200 Å². The lowest BCUT2D eigenvalue weighted by atomic mass is 10.00. The molecule has 3 heteroatoms. The normalized spacial score (nSPS) is 12.0. The maximum Gasteiger partial charge on any atom is 0.0621 e. The molecule has 0 aliphatic carbocycles. The Morgan fingerprint density at radius 3 is 1.44 bits per heavy atom. The van der Waals surface area contributed by atoms with Crippen molar-refractivity contribution < 1.29 is 0 Å². The van der Waals surface area contributed by atoms with Crippen LogP contribution in [0.2, 0.25) is 0 Å². The highest BCUT2D eigenvalue weighted by Crippen LogP contribution is 2.45. The molecule has 0 saturated heterocycles. The maximum absolute atomic E-state index is 2.50. The third-order valence-electron chi connectivity index (χ3n) is 11.6. The van der Waals surface area contributed by atoms with Gasteiger partial charge in [-0.05, 0) is 71.6 Å². The first-order valence-electron chi connectivity index (χ1n) is 18.9. The first-order chi connectivity index (χ1) is 27.3. The molecule has 3 heterocycles. The molecule has 0 aliphatic rings. The summed E-state index contributed by atoms with van der Waals surface area (Å²) < 4.78 is 7.41. The molecule has 0 saturated carbocycles. The van der Waals surface area contributed by atoms with E-state index in [2.05, 4.69) is 214 Å². The van der Waals surface area contributed by atoms with Gasteiger partial charge in [0.1, 0.15) is 0 Å². The number of rotatable bonds is 4. The average molecular weight is 700 g/mol. The maximum atomic E-state index is 2.50. The predicted molar refractivity (Wildman–Crippen MR) is 232 cm³/mol. The summed E-state index contributed by atoms with van der Waals surface area (Å²) in [5, 5.41) is 9.95. The lowest BCUT2D eigenvalue weighted by molar-refractivity contribution is 1.16. The van der Waals surface area contributed by atoms with Gasteiger partial charge in [0, 0.05) is 60.3 Å². The van der Waals surface area contributed by atoms with E-state index >= 15 is 0 Å². The zero-order valence-corrected chi connectivity index (χ0v) is 29.9. The van der Waals surface area contributed by atoms with Crippen molar-refractivity contribution >= 4 is 76.2 Å². The summed E-state index contributed by atoms with van der Waals surface area (Å²) in [4.78, 5) is 0. The van der Waals surface area contributed by atoms with Crippen LogP contribution in [0.25, 0.3) is 104 Å². The van der Waals surface area contributed by atoms with Crippen LogP contribution in [-0.2, 0) is 0 Å². The van der Waals surface area contributed by atoms with E-state index in [0.717, 1.165) is 17.1 Å². The summed E-state index contributed by atoms with van der Waals surface area (Å²) in [5.41, 5.74) is 13.0. The van der Waals surface area contributed by atoms with Gasteiger partial charge >= 0.3 is 0 Å². The quantitative estimate of drug-likeness (QED) is 0.174. The molecular weight excluding hydrogens is 667 g/mol. The van der Waals surface area contributed by atoms with Gasteiger partial charge in [-0.2, -0.15) is 0 Å². The zero-order chi connectivity index (χ0) is 36.0. The predicted octanol–water partition coefficient (Wildman–Crippen LogP) is 13.8. The molecule has 0 fully saturated rings. The largest absolute Gasteiger partial charge is 0.309 e. The molecule has 0 aliphatic heterocycles. The number of hydrogen-bond acceptors (Lipinski definition) is 0. The molecule has 9 aromatic carbocycles. The molecule has 0 spiro atoms. The molecule has 256 valence electrons. The molecule has 0 N–H and O–H groups in total. The zero-order valence-electron chi connectivity index (χ0n) is 29.9. The Kier molecular flexibility index (Phi) is 6.34. The van der Waals surface area contributed by atoms with Crippen LogP contribution < -0.4 is 0 Å². The van der Waals surface area contributed by atoms with Gasteiger partial charge in [-0.25, -0.2) is 0 Å². The fourth-order valence-corrected chi connectivity index (χ4v) is 9.26. The van der Waals surface area contributed by atoms with Crippen LogP contribution in [0.3, 0.4) is 0 Å². The summed E-state index contributed by atoms with van der Waals surface area (Å²) in [5.74, 6) is 0. The highest BCUT2D eigenvalue weighted by molar-refractivity contribution is 6.23. The van der Waals surface area contributed by atoms with Crippen molar-refractivity contribution in [2.45, 2.75) is 0 Å². The fraction of sp³-hybridized carbons (Fsp3) is 0. The SMILES string of the molecule is c1ccc(-c2cc(-n3c4ccccc4c4cc5c6ccccc6n(-c6ccccc6)c5cc43)cc3c4ccc5ccccc5c4n(-c4ccccc4)c23)cc1. The Labute approximate surface area is 317 Å². The van der Waals surface area contributed by atoms with Gasteiger partial charge in [0.25, 0.3) is 0 Å². The summed E-state index contributed by atoms with van der Waals surface area (Å²) >= 11 is 0. The third-order valence-corrected chi connectivity index (χ3v) is 11.6. The van der Waals surface area contributed by atoms with Crippen molar-refractivity contribution in [1.29, 1.82) is 0 Å². The van der Waals surface area contributed by atoms with Crippen molar-refractivity contribution in [2.75, 3.05) is 0 Å². The van der Waals surface area contributed by atoms with Gasteiger partial charge in [0.2, 0.25) is 0 Å². The van der Waals surface area contributed by atoms with E-state index in [9.17, 15) is 0 Å². The number of aromatic nitrogens is 3. The second-order valence-electron chi connectivity index (χ2n) is 14.5. The summed E-state index contributed by atoms with van der Waals surface area (Å²) in [6.45, 7) is 0. The van der Waals surface area contributed by atoms with E-state index in [1.54, 1.807) is 0 Å². The molecule has 12 aromatic rings. The Balaban J connectivity index is 1.26. The molecule has 0 unspecified atom stereocenters. The molecule has 3 aromatic heterocycles. The first-order valence-corrected chi connectivity index (χ1v) is 18.9. The molecule has 55 heavy (non-hydrogen) atoms. The van der Waals surface area contributed by atoms with Gasteiger partial charge in [-0.1, -0.05) is 140 Å². The topological polar surface area (TPSA) is 14.8 Å². The molecule has 12 rings (SSSR count). The second kappa shape index (κ2) is 11.6. The Morgan fingerprint density at radius 1 is 0.255 bits per heavy atom. The van der Waals surface area contributed by atoms with E-state index in [-0.39, 0.29) is 0 Å². The smallest absolute Gasteiger partial charge is 0.0621 e.